The van der Waals surface area contributed by atoms with Crippen LogP contribution < -0.4 is 5.32 Å². The Kier molecular flexibility index (Phi) is 2.66. The Labute approximate surface area is 79.7 Å². The van der Waals surface area contributed by atoms with Crippen LogP contribution in [0.4, 0.5) is 0 Å². The first-order valence-corrected chi connectivity index (χ1v) is 6.20. The van der Waals surface area contributed by atoms with Gasteiger partial charge in [-0.1, -0.05) is 6.42 Å². The van der Waals surface area contributed by atoms with E-state index in [4.69, 9.17) is 0 Å². The lowest BCUT2D eigenvalue weighted by Gasteiger charge is -2.25. The Morgan fingerprint density at radius 1 is 1.42 bits per heavy atom. The van der Waals surface area contributed by atoms with Crippen molar-refractivity contribution < 1.29 is 0 Å². The molecule has 0 amide bonds. The van der Waals surface area contributed by atoms with E-state index in [2.05, 4.69) is 24.1 Å². The second-order valence-corrected chi connectivity index (χ2v) is 5.63. The summed E-state index contributed by atoms with van der Waals surface area (Å²) in [6.07, 6.45) is 8.65. The Balaban J connectivity index is 1.77. The summed E-state index contributed by atoms with van der Waals surface area (Å²) >= 11 is 2.21. The molecule has 0 aromatic carbocycles. The van der Waals surface area contributed by atoms with Gasteiger partial charge in [-0.2, -0.15) is 11.8 Å². The van der Waals surface area contributed by atoms with Gasteiger partial charge < -0.3 is 5.32 Å². The first kappa shape index (κ1) is 8.89. The highest BCUT2D eigenvalue weighted by atomic mass is 32.2. The zero-order valence-corrected chi connectivity index (χ0v) is 8.75. The molecular formula is C10H19NS. The summed E-state index contributed by atoms with van der Waals surface area (Å²) in [5.41, 5.74) is 0.578. The van der Waals surface area contributed by atoms with Gasteiger partial charge in [0.25, 0.3) is 0 Å². The molecule has 0 radical (unpaired) electrons. The summed E-state index contributed by atoms with van der Waals surface area (Å²) in [5.74, 6) is 1.41. The first-order valence-electron chi connectivity index (χ1n) is 5.15. The van der Waals surface area contributed by atoms with E-state index in [9.17, 15) is 0 Å². The molecule has 1 saturated carbocycles. The number of hydrogen-bond donors (Lipinski definition) is 1. The molecule has 1 nitrogen and oxygen atoms in total. The van der Waals surface area contributed by atoms with E-state index in [1.54, 1.807) is 0 Å². The van der Waals surface area contributed by atoms with Gasteiger partial charge in [0.2, 0.25) is 0 Å². The van der Waals surface area contributed by atoms with Crippen molar-refractivity contribution in [3.63, 3.8) is 0 Å². The number of rotatable bonds is 3. The second-order valence-electron chi connectivity index (χ2n) is 4.22. The summed E-state index contributed by atoms with van der Waals surface area (Å²) in [4.78, 5) is 0. The van der Waals surface area contributed by atoms with Crippen LogP contribution in [0.15, 0.2) is 0 Å². The molecule has 12 heavy (non-hydrogen) atoms. The Hall–Kier alpha value is 0.310. The van der Waals surface area contributed by atoms with Crippen molar-refractivity contribution in [2.24, 2.45) is 0 Å². The Bertz CT molecular complexity index is 148. The van der Waals surface area contributed by atoms with E-state index in [0.29, 0.717) is 5.54 Å². The zero-order valence-electron chi connectivity index (χ0n) is 7.94. The van der Waals surface area contributed by atoms with Gasteiger partial charge in [-0.05, 0) is 44.9 Å². The van der Waals surface area contributed by atoms with E-state index < -0.39 is 0 Å². The van der Waals surface area contributed by atoms with Gasteiger partial charge in [0, 0.05) is 10.8 Å². The summed E-state index contributed by atoms with van der Waals surface area (Å²) in [6, 6.07) is 0. The Morgan fingerprint density at radius 3 is 2.75 bits per heavy atom. The molecule has 1 N–H and O–H groups in total. The standard InChI is InChI=1S/C10H19NS/c1-11-10(5-6-10)8-9-4-2-3-7-12-9/h9,11H,2-8H2,1H3. The fourth-order valence-corrected chi connectivity index (χ4v) is 3.59. The van der Waals surface area contributed by atoms with Crippen molar-refractivity contribution in [3.8, 4) is 0 Å². The minimum Gasteiger partial charge on any atom is -0.314 e. The molecule has 2 fully saturated rings. The predicted molar refractivity (Wildman–Crippen MR) is 55.7 cm³/mol. The normalized spacial score (nSPS) is 33.2. The second kappa shape index (κ2) is 3.59. The predicted octanol–water partition coefficient (Wildman–Crippen LogP) is 2.41. The first-order chi connectivity index (χ1) is 5.85. The fraction of sp³-hybridized carbons (Fsp3) is 1.00. The molecular weight excluding hydrogens is 166 g/mol. The molecule has 1 atom stereocenters. The molecule has 1 saturated heterocycles. The van der Waals surface area contributed by atoms with Crippen LogP contribution in [-0.4, -0.2) is 23.6 Å². The SMILES string of the molecule is CNC1(CC2CCCCS2)CC1. The average molecular weight is 185 g/mol. The Morgan fingerprint density at radius 2 is 2.25 bits per heavy atom. The van der Waals surface area contributed by atoms with Crippen molar-refractivity contribution in [2.75, 3.05) is 12.8 Å². The van der Waals surface area contributed by atoms with Crippen molar-refractivity contribution >= 4 is 11.8 Å². The van der Waals surface area contributed by atoms with Gasteiger partial charge in [-0.15, -0.1) is 0 Å². The average Bonchev–Trinajstić information content (AvgIpc) is 2.88. The summed E-state index contributed by atoms with van der Waals surface area (Å²) in [7, 11) is 2.13. The zero-order chi connectivity index (χ0) is 8.44. The highest BCUT2D eigenvalue weighted by molar-refractivity contribution is 7.99. The lowest BCUT2D eigenvalue weighted by atomic mass is 10.0. The quantitative estimate of drug-likeness (QED) is 0.724. The maximum Gasteiger partial charge on any atom is 0.0190 e. The van der Waals surface area contributed by atoms with Crippen molar-refractivity contribution in [1.29, 1.82) is 0 Å². The topological polar surface area (TPSA) is 12.0 Å². The van der Waals surface area contributed by atoms with E-state index in [1.165, 1.54) is 44.3 Å². The lowest BCUT2D eigenvalue weighted by Crippen LogP contribution is -2.31. The molecule has 2 rings (SSSR count). The number of thioether (sulfide) groups is 1. The summed E-state index contributed by atoms with van der Waals surface area (Å²) in [6.45, 7) is 0. The highest BCUT2D eigenvalue weighted by Gasteiger charge is 2.42. The van der Waals surface area contributed by atoms with Crippen LogP contribution in [-0.2, 0) is 0 Å². The molecule has 70 valence electrons. The van der Waals surface area contributed by atoms with E-state index >= 15 is 0 Å². The monoisotopic (exact) mass is 185 g/mol. The molecule has 1 aliphatic heterocycles. The highest BCUT2D eigenvalue weighted by Crippen LogP contribution is 2.43. The van der Waals surface area contributed by atoms with Gasteiger partial charge >= 0.3 is 0 Å². The van der Waals surface area contributed by atoms with Gasteiger partial charge in [0.05, 0.1) is 0 Å². The van der Waals surface area contributed by atoms with Crippen molar-refractivity contribution in [1.82, 2.24) is 5.32 Å². The van der Waals surface area contributed by atoms with Crippen LogP contribution in [0.3, 0.4) is 0 Å². The van der Waals surface area contributed by atoms with Crippen LogP contribution in [0, 0.1) is 0 Å². The smallest absolute Gasteiger partial charge is 0.0190 e. The van der Waals surface area contributed by atoms with Crippen LogP contribution in [0.5, 0.6) is 0 Å². The van der Waals surface area contributed by atoms with Gasteiger partial charge in [-0.3, -0.25) is 0 Å². The summed E-state index contributed by atoms with van der Waals surface area (Å²) in [5, 5.41) is 4.45. The van der Waals surface area contributed by atoms with Gasteiger partial charge in [0.15, 0.2) is 0 Å². The van der Waals surface area contributed by atoms with Crippen LogP contribution >= 0.6 is 11.8 Å². The fourth-order valence-electron chi connectivity index (χ4n) is 2.11. The molecule has 0 spiro atoms. The minimum atomic E-state index is 0.578. The molecule has 1 aliphatic carbocycles. The van der Waals surface area contributed by atoms with Gasteiger partial charge in [-0.25, -0.2) is 0 Å². The maximum absolute atomic E-state index is 3.49. The van der Waals surface area contributed by atoms with Crippen LogP contribution in [0.2, 0.25) is 0 Å². The molecule has 0 aromatic rings. The summed E-state index contributed by atoms with van der Waals surface area (Å²) < 4.78 is 0. The van der Waals surface area contributed by atoms with Crippen molar-refractivity contribution in [3.05, 3.63) is 0 Å². The van der Waals surface area contributed by atoms with Crippen molar-refractivity contribution in [2.45, 2.75) is 49.3 Å². The van der Waals surface area contributed by atoms with E-state index in [1.807, 2.05) is 0 Å². The molecule has 2 heteroatoms. The van der Waals surface area contributed by atoms with Crippen LogP contribution in [0.1, 0.15) is 38.5 Å². The third-order valence-electron chi connectivity index (χ3n) is 3.28. The number of nitrogens with one attached hydrogen (secondary N) is 1. The van der Waals surface area contributed by atoms with E-state index in [-0.39, 0.29) is 0 Å². The third kappa shape index (κ3) is 1.97. The minimum absolute atomic E-state index is 0.578. The molecule has 1 unspecified atom stereocenters. The van der Waals surface area contributed by atoms with Gasteiger partial charge in [0.1, 0.15) is 0 Å². The third-order valence-corrected chi connectivity index (χ3v) is 4.67. The van der Waals surface area contributed by atoms with Crippen LogP contribution in [0.25, 0.3) is 0 Å². The molecule has 2 aliphatic rings. The number of hydrogen-bond acceptors (Lipinski definition) is 2. The maximum atomic E-state index is 3.49. The van der Waals surface area contributed by atoms with E-state index in [0.717, 1.165) is 5.25 Å². The largest absolute Gasteiger partial charge is 0.314 e. The molecule has 1 heterocycles. The molecule has 0 bridgehead atoms. The molecule has 0 aromatic heterocycles. The lowest BCUT2D eigenvalue weighted by molar-refractivity contribution is 0.477.